The molecule has 1 aromatic carbocycles. The van der Waals surface area contributed by atoms with E-state index >= 15 is 0 Å². The fraction of sp³-hybridized carbons (Fsp3) is 0.500. The summed E-state index contributed by atoms with van der Waals surface area (Å²) in [4.78, 5) is 14.9. The lowest BCUT2D eigenvalue weighted by Crippen LogP contribution is -2.51. The molecule has 1 aromatic rings. The predicted octanol–water partition coefficient (Wildman–Crippen LogP) is 1.56. The van der Waals surface area contributed by atoms with Crippen LogP contribution in [0.2, 0.25) is 0 Å². The average molecular weight is 284 g/mol. The van der Waals surface area contributed by atoms with Gasteiger partial charge in [0.1, 0.15) is 6.04 Å². The van der Waals surface area contributed by atoms with Gasteiger partial charge in [0.25, 0.3) is 0 Å². The Kier molecular flexibility index (Phi) is 4.67. The molecule has 110 valence electrons. The van der Waals surface area contributed by atoms with Crippen molar-refractivity contribution in [1.82, 2.24) is 9.80 Å². The van der Waals surface area contributed by atoms with Crippen LogP contribution >= 0.6 is 0 Å². The zero-order valence-electron chi connectivity index (χ0n) is 11.4. The number of rotatable bonds is 4. The summed E-state index contributed by atoms with van der Waals surface area (Å²) in [5.41, 5.74) is 0.726. The predicted molar refractivity (Wildman–Crippen MR) is 70.3 cm³/mol. The van der Waals surface area contributed by atoms with Crippen LogP contribution in [0.4, 0.5) is 8.78 Å². The third kappa shape index (κ3) is 3.52. The van der Waals surface area contributed by atoms with Crippen molar-refractivity contribution >= 4 is 5.97 Å². The second-order valence-corrected chi connectivity index (χ2v) is 5.07. The number of nitrogens with zero attached hydrogens (tertiary/aromatic N) is 2. The van der Waals surface area contributed by atoms with Crippen molar-refractivity contribution in [1.29, 1.82) is 0 Å². The average Bonchev–Trinajstić information content (AvgIpc) is 2.43. The van der Waals surface area contributed by atoms with Gasteiger partial charge in [-0.3, -0.25) is 14.6 Å². The zero-order chi connectivity index (χ0) is 14.7. The van der Waals surface area contributed by atoms with E-state index in [0.29, 0.717) is 19.6 Å². The summed E-state index contributed by atoms with van der Waals surface area (Å²) in [7, 11) is 0. The highest BCUT2D eigenvalue weighted by Gasteiger charge is 2.25. The maximum atomic E-state index is 13.1. The van der Waals surface area contributed by atoms with Gasteiger partial charge in [-0.25, -0.2) is 8.78 Å². The van der Waals surface area contributed by atoms with Gasteiger partial charge < -0.3 is 5.11 Å². The van der Waals surface area contributed by atoms with Gasteiger partial charge in [0.05, 0.1) is 0 Å². The van der Waals surface area contributed by atoms with Crippen molar-refractivity contribution in [3.8, 4) is 0 Å². The standard InChI is InChI=1S/C14H18F2N2O2/c1-10(14(19)20)18-6-4-17(5-7-18)9-11-2-3-12(15)13(16)8-11/h2-3,8,10H,4-7,9H2,1H3,(H,19,20). The molecule has 0 bridgehead atoms. The highest BCUT2D eigenvalue weighted by atomic mass is 19.2. The van der Waals surface area contributed by atoms with Crippen LogP contribution in [0.1, 0.15) is 12.5 Å². The maximum absolute atomic E-state index is 13.1. The van der Waals surface area contributed by atoms with Crippen LogP contribution < -0.4 is 0 Å². The van der Waals surface area contributed by atoms with E-state index in [2.05, 4.69) is 4.90 Å². The van der Waals surface area contributed by atoms with E-state index in [0.717, 1.165) is 24.7 Å². The minimum Gasteiger partial charge on any atom is -0.480 e. The summed E-state index contributed by atoms with van der Waals surface area (Å²) in [5.74, 6) is -2.49. The minimum absolute atomic E-state index is 0.486. The Labute approximate surface area is 116 Å². The molecule has 0 aliphatic carbocycles. The van der Waals surface area contributed by atoms with Crippen LogP contribution in [-0.2, 0) is 11.3 Å². The molecular weight excluding hydrogens is 266 g/mol. The lowest BCUT2D eigenvalue weighted by Gasteiger charge is -2.36. The second kappa shape index (κ2) is 6.28. The molecule has 0 aromatic heterocycles. The molecule has 1 aliphatic heterocycles. The van der Waals surface area contributed by atoms with Crippen LogP contribution in [0, 0.1) is 11.6 Å². The third-order valence-corrected chi connectivity index (χ3v) is 3.70. The SMILES string of the molecule is CC(C(=O)O)N1CCN(Cc2ccc(F)c(F)c2)CC1. The van der Waals surface area contributed by atoms with Gasteiger partial charge >= 0.3 is 5.97 Å². The monoisotopic (exact) mass is 284 g/mol. The van der Waals surface area contributed by atoms with Crippen LogP contribution in [0.5, 0.6) is 0 Å². The summed E-state index contributed by atoms with van der Waals surface area (Å²) >= 11 is 0. The quantitative estimate of drug-likeness (QED) is 0.911. The smallest absolute Gasteiger partial charge is 0.320 e. The first-order chi connectivity index (χ1) is 9.47. The molecule has 2 rings (SSSR count). The molecule has 1 heterocycles. The summed E-state index contributed by atoms with van der Waals surface area (Å²) in [6.07, 6.45) is 0. The van der Waals surface area contributed by atoms with Gasteiger partial charge in [-0.1, -0.05) is 6.07 Å². The molecule has 1 fully saturated rings. The number of benzene rings is 1. The molecule has 1 unspecified atom stereocenters. The molecule has 1 saturated heterocycles. The highest BCUT2D eigenvalue weighted by molar-refractivity contribution is 5.72. The third-order valence-electron chi connectivity index (χ3n) is 3.70. The molecule has 1 atom stereocenters. The molecule has 20 heavy (non-hydrogen) atoms. The van der Waals surface area contributed by atoms with Crippen molar-refractivity contribution < 1.29 is 18.7 Å². The van der Waals surface area contributed by atoms with Crippen molar-refractivity contribution in [3.63, 3.8) is 0 Å². The Morgan fingerprint density at radius 3 is 2.45 bits per heavy atom. The summed E-state index contributed by atoms with van der Waals surface area (Å²) in [6, 6.07) is 3.43. The molecule has 0 spiro atoms. The molecule has 0 radical (unpaired) electrons. The number of hydrogen-bond donors (Lipinski definition) is 1. The van der Waals surface area contributed by atoms with Gasteiger partial charge in [-0.05, 0) is 24.6 Å². The van der Waals surface area contributed by atoms with Gasteiger partial charge in [-0.15, -0.1) is 0 Å². The van der Waals surface area contributed by atoms with Gasteiger partial charge in [0, 0.05) is 32.7 Å². The van der Waals surface area contributed by atoms with E-state index in [1.807, 2.05) is 4.90 Å². The number of piperazine rings is 1. The number of halogens is 2. The van der Waals surface area contributed by atoms with Crippen LogP contribution in [-0.4, -0.2) is 53.1 Å². The van der Waals surface area contributed by atoms with Crippen LogP contribution in [0.3, 0.4) is 0 Å². The van der Waals surface area contributed by atoms with Gasteiger partial charge in [-0.2, -0.15) is 0 Å². The largest absolute Gasteiger partial charge is 0.480 e. The molecule has 6 heteroatoms. The molecule has 0 saturated carbocycles. The first-order valence-electron chi connectivity index (χ1n) is 6.60. The van der Waals surface area contributed by atoms with E-state index in [1.165, 1.54) is 6.07 Å². The Balaban J connectivity index is 1.88. The van der Waals surface area contributed by atoms with Gasteiger partial charge in [0.2, 0.25) is 0 Å². The van der Waals surface area contributed by atoms with E-state index in [9.17, 15) is 13.6 Å². The highest BCUT2D eigenvalue weighted by Crippen LogP contribution is 2.13. The molecular formula is C14H18F2N2O2. The summed E-state index contributed by atoms with van der Waals surface area (Å²) in [6.45, 7) is 4.99. The lowest BCUT2D eigenvalue weighted by molar-refractivity contribution is -0.143. The van der Waals surface area contributed by atoms with Crippen LogP contribution in [0.25, 0.3) is 0 Å². The number of carboxylic acids is 1. The van der Waals surface area contributed by atoms with Crippen LogP contribution in [0.15, 0.2) is 18.2 Å². The Hall–Kier alpha value is -1.53. The Bertz CT molecular complexity index is 488. The first kappa shape index (κ1) is 14.9. The number of hydrogen-bond acceptors (Lipinski definition) is 3. The number of aliphatic carboxylic acids is 1. The fourth-order valence-corrected chi connectivity index (χ4v) is 2.36. The van der Waals surface area contributed by atoms with E-state index < -0.39 is 23.6 Å². The van der Waals surface area contributed by atoms with Crippen molar-refractivity contribution in [2.24, 2.45) is 0 Å². The van der Waals surface area contributed by atoms with Crippen molar-refractivity contribution in [3.05, 3.63) is 35.4 Å². The molecule has 1 N–H and O–H groups in total. The van der Waals surface area contributed by atoms with E-state index in [1.54, 1.807) is 13.0 Å². The zero-order valence-corrected chi connectivity index (χ0v) is 11.4. The van der Waals surface area contributed by atoms with E-state index in [4.69, 9.17) is 5.11 Å². The Morgan fingerprint density at radius 2 is 1.90 bits per heavy atom. The minimum atomic E-state index is -0.839. The van der Waals surface area contributed by atoms with Gasteiger partial charge in [0.15, 0.2) is 11.6 Å². The second-order valence-electron chi connectivity index (χ2n) is 5.07. The van der Waals surface area contributed by atoms with E-state index in [-0.39, 0.29) is 0 Å². The first-order valence-corrected chi connectivity index (χ1v) is 6.60. The molecule has 1 aliphatic rings. The van der Waals surface area contributed by atoms with Crippen molar-refractivity contribution in [2.45, 2.75) is 19.5 Å². The Morgan fingerprint density at radius 1 is 1.25 bits per heavy atom. The molecule has 4 nitrogen and oxygen atoms in total. The summed E-state index contributed by atoms with van der Waals surface area (Å²) in [5, 5.41) is 8.96. The number of carboxylic acid groups (broad SMARTS) is 1. The topological polar surface area (TPSA) is 43.8 Å². The number of carbonyl (C=O) groups is 1. The molecule has 0 amide bonds. The lowest BCUT2D eigenvalue weighted by atomic mass is 10.1. The normalized spacial score (nSPS) is 18.9. The maximum Gasteiger partial charge on any atom is 0.320 e. The van der Waals surface area contributed by atoms with Crippen molar-refractivity contribution in [2.75, 3.05) is 26.2 Å². The summed E-state index contributed by atoms with van der Waals surface area (Å²) < 4.78 is 26.0. The fourth-order valence-electron chi connectivity index (χ4n) is 2.36.